The van der Waals surface area contributed by atoms with E-state index in [1.165, 1.54) is 0 Å². The topological polar surface area (TPSA) is 75.9 Å². The molecule has 0 atom stereocenters. The second-order valence-electron chi connectivity index (χ2n) is 4.77. The molecule has 0 amide bonds. The zero-order chi connectivity index (χ0) is 17.2. The highest BCUT2D eigenvalue weighted by Crippen LogP contribution is 2.27. The van der Waals surface area contributed by atoms with Gasteiger partial charge in [-0.05, 0) is 29.8 Å². The third-order valence-electron chi connectivity index (χ3n) is 3.24. The SMILES string of the molecule is COc1ccc(CN/N=C/c2ccccc2OCC#N)cc1OC. The van der Waals surface area contributed by atoms with Gasteiger partial charge in [0.15, 0.2) is 18.1 Å². The zero-order valence-corrected chi connectivity index (χ0v) is 13.7. The van der Waals surface area contributed by atoms with Gasteiger partial charge >= 0.3 is 0 Å². The fourth-order valence-corrected chi connectivity index (χ4v) is 2.07. The van der Waals surface area contributed by atoms with E-state index in [0.29, 0.717) is 23.8 Å². The number of rotatable bonds is 8. The van der Waals surface area contributed by atoms with Gasteiger partial charge in [-0.3, -0.25) is 0 Å². The lowest BCUT2D eigenvalue weighted by molar-refractivity contribution is 0.354. The van der Waals surface area contributed by atoms with Crippen molar-refractivity contribution in [1.29, 1.82) is 5.26 Å². The third-order valence-corrected chi connectivity index (χ3v) is 3.24. The minimum atomic E-state index is 0.00389. The quantitative estimate of drug-likeness (QED) is 0.596. The van der Waals surface area contributed by atoms with Crippen molar-refractivity contribution in [2.75, 3.05) is 20.8 Å². The largest absolute Gasteiger partial charge is 0.493 e. The van der Waals surface area contributed by atoms with Crippen LogP contribution in [0.2, 0.25) is 0 Å². The first kappa shape index (κ1) is 17.2. The average molecular weight is 325 g/mol. The molecule has 2 rings (SSSR count). The Hall–Kier alpha value is -3.20. The van der Waals surface area contributed by atoms with Crippen molar-refractivity contribution in [2.45, 2.75) is 6.54 Å². The van der Waals surface area contributed by atoms with E-state index in [1.807, 2.05) is 42.5 Å². The summed E-state index contributed by atoms with van der Waals surface area (Å²) in [6.45, 7) is 0.544. The van der Waals surface area contributed by atoms with E-state index in [0.717, 1.165) is 11.1 Å². The lowest BCUT2D eigenvalue weighted by atomic mass is 10.2. The number of nitrogens with one attached hydrogen (secondary N) is 1. The van der Waals surface area contributed by atoms with Crippen LogP contribution in [0, 0.1) is 11.3 Å². The summed E-state index contributed by atoms with van der Waals surface area (Å²) in [5, 5.41) is 12.8. The van der Waals surface area contributed by atoms with Crippen molar-refractivity contribution < 1.29 is 14.2 Å². The molecule has 2 aromatic carbocycles. The number of methoxy groups -OCH3 is 2. The molecule has 6 heteroatoms. The first-order valence-corrected chi connectivity index (χ1v) is 7.34. The minimum absolute atomic E-state index is 0.00389. The number of para-hydroxylation sites is 1. The van der Waals surface area contributed by atoms with Crippen LogP contribution in [-0.4, -0.2) is 27.0 Å². The van der Waals surface area contributed by atoms with Gasteiger partial charge in [-0.1, -0.05) is 18.2 Å². The molecule has 0 bridgehead atoms. The van der Waals surface area contributed by atoms with Crippen molar-refractivity contribution in [2.24, 2.45) is 5.10 Å². The van der Waals surface area contributed by atoms with Crippen LogP contribution in [0.1, 0.15) is 11.1 Å². The minimum Gasteiger partial charge on any atom is -0.493 e. The second kappa shape index (κ2) is 9.06. The molecule has 0 unspecified atom stereocenters. The van der Waals surface area contributed by atoms with Crippen molar-refractivity contribution >= 4 is 6.21 Å². The van der Waals surface area contributed by atoms with Gasteiger partial charge in [-0.2, -0.15) is 10.4 Å². The Bertz CT molecular complexity index is 739. The molecule has 6 nitrogen and oxygen atoms in total. The van der Waals surface area contributed by atoms with Crippen LogP contribution in [0.4, 0.5) is 0 Å². The molecule has 1 N–H and O–H groups in total. The fraction of sp³-hybridized carbons (Fsp3) is 0.222. The first-order valence-electron chi connectivity index (χ1n) is 7.34. The highest BCUT2D eigenvalue weighted by molar-refractivity contribution is 5.83. The second-order valence-corrected chi connectivity index (χ2v) is 4.77. The molecule has 0 aliphatic carbocycles. The molecule has 0 aliphatic heterocycles. The van der Waals surface area contributed by atoms with E-state index in [-0.39, 0.29) is 6.61 Å². The van der Waals surface area contributed by atoms with Crippen LogP contribution in [0.25, 0.3) is 0 Å². The van der Waals surface area contributed by atoms with E-state index in [1.54, 1.807) is 26.5 Å². The number of hydrogen-bond donors (Lipinski definition) is 1. The molecule has 0 heterocycles. The van der Waals surface area contributed by atoms with Crippen LogP contribution in [0.15, 0.2) is 47.6 Å². The Morgan fingerprint density at radius 2 is 1.88 bits per heavy atom. The zero-order valence-electron chi connectivity index (χ0n) is 13.7. The van der Waals surface area contributed by atoms with E-state index in [9.17, 15) is 0 Å². The van der Waals surface area contributed by atoms with Gasteiger partial charge in [0, 0.05) is 5.56 Å². The van der Waals surface area contributed by atoms with Crippen LogP contribution in [0.5, 0.6) is 17.2 Å². The smallest absolute Gasteiger partial charge is 0.174 e. The summed E-state index contributed by atoms with van der Waals surface area (Å²) in [7, 11) is 3.21. The molecule has 0 saturated heterocycles. The van der Waals surface area contributed by atoms with Crippen molar-refractivity contribution in [3.8, 4) is 23.3 Å². The molecule has 0 fully saturated rings. The van der Waals surface area contributed by atoms with Crippen molar-refractivity contribution in [3.63, 3.8) is 0 Å². The van der Waals surface area contributed by atoms with E-state index in [2.05, 4.69) is 10.5 Å². The van der Waals surface area contributed by atoms with Crippen LogP contribution in [-0.2, 0) is 6.54 Å². The number of benzene rings is 2. The van der Waals surface area contributed by atoms with Crippen LogP contribution >= 0.6 is 0 Å². The predicted octanol–water partition coefficient (Wildman–Crippen LogP) is 2.73. The van der Waals surface area contributed by atoms with Gasteiger partial charge in [0.05, 0.1) is 27.0 Å². The van der Waals surface area contributed by atoms with E-state index < -0.39 is 0 Å². The monoisotopic (exact) mass is 325 g/mol. The molecule has 0 spiro atoms. The molecule has 0 radical (unpaired) electrons. The van der Waals surface area contributed by atoms with Gasteiger partial charge in [0.2, 0.25) is 0 Å². The summed E-state index contributed by atoms with van der Waals surface area (Å²) in [4.78, 5) is 0. The maximum Gasteiger partial charge on any atom is 0.174 e. The molecular weight excluding hydrogens is 306 g/mol. The normalized spacial score (nSPS) is 10.2. The summed E-state index contributed by atoms with van der Waals surface area (Å²) in [5.74, 6) is 1.99. The first-order chi connectivity index (χ1) is 11.8. The standard InChI is InChI=1S/C18H19N3O3/c1-22-17-8-7-14(11-18(17)23-2)12-20-21-13-15-5-3-4-6-16(15)24-10-9-19/h3-8,11,13,20H,10,12H2,1-2H3/b21-13+. The summed E-state index contributed by atoms with van der Waals surface area (Å²) in [6.07, 6.45) is 1.66. The van der Waals surface area contributed by atoms with Crippen molar-refractivity contribution in [3.05, 3.63) is 53.6 Å². The highest BCUT2D eigenvalue weighted by Gasteiger charge is 2.04. The Morgan fingerprint density at radius 1 is 1.08 bits per heavy atom. The highest BCUT2D eigenvalue weighted by atomic mass is 16.5. The van der Waals surface area contributed by atoms with Gasteiger partial charge < -0.3 is 19.6 Å². The van der Waals surface area contributed by atoms with E-state index >= 15 is 0 Å². The van der Waals surface area contributed by atoms with Crippen molar-refractivity contribution in [1.82, 2.24) is 5.43 Å². The van der Waals surface area contributed by atoms with Gasteiger partial charge in [0.1, 0.15) is 11.8 Å². The average Bonchev–Trinajstić information content (AvgIpc) is 2.64. The third kappa shape index (κ3) is 4.65. The lowest BCUT2D eigenvalue weighted by Crippen LogP contribution is -2.06. The summed E-state index contributed by atoms with van der Waals surface area (Å²) < 4.78 is 15.8. The maximum absolute atomic E-state index is 8.60. The molecule has 0 aromatic heterocycles. The van der Waals surface area contributed by atoms with Gasteiger partial charge in [-0.15, -0.1) is 0 Å². The number of hydrogen-bond acceptors (Lipinski definition) is 6. The fourth-order valence-electron chi connectivity index (χ4n) is 2.07. The van der Waals surface area contributed by atoms with Gasteiger partial charge in [0.25, 0.3) is 0 Å². The Labute approximate surface area is 141 Å². The maximum atomic E-state index is 8.60. The molecule has 2 aromatic rings. The molecular formula is C18H19N3O3. The Balaban J connectivity index is 1.97. The van der Waals surface area contributed by atoms with Crippen LogP contribution < -0.4 is 19.6 Å². The Morgan fingerprint density at radius 3 is 2.62 bits per heavy atom. The number of nitrogens with zero attached hydrogens (tertiary/aromatic N) is 2. The molecule has 0 aliphatic rings. The summed E-state index contributed by atoms with van der Waals surface area (Å²) in [6, 6.07) is 15.0. The van der Waals surface area contributed by atoms with Crippen LogP contribution in [0.3, 0.4) is 0 Å². The molecule has 24 heavy (non-hydrogen) atoms. The summed E-state index contributed by atoms with van der Waals surface area (Å²) >= 11 is 0. The predicted molar refractivity (Wildman–Crippen MR) is 91.5 cm³/mol. The van der Waals surface area contributed by atoms with E-state index in [4.69, 9.17) is 19.5 Å². The number of hydrazone groups is 1. The van der Waals surface area contributed by atoms with Gasteiger partial charge in [-0.25, -0.2) is 0 Å². The number of nitriles is 1. The number of ether oxygens (including phenoxy) is 3. The molecule has 124 valence electrons. The summed E-state index contributed by atoms with van der Waals surface area (Å²) in [5.41, 5.74) is 4.79. The molecule has 0 saturated carbocycles. The lowest BCUT2D eigenvalue weighted by Gasteiger charge is -2.09. The Kier molecular flexibility index (Phi) is 6.47.